The van der Waals surface area contributed by atoms with Crippen LogP contribution in [-0.4, -0.2) is 47.5 Å². The maximum absolute atomic E-state index is 11.7. The number of amides is 1. The molecule has 0 aliphatic rings. The summed E-state index contributed by atoms with van der Waals surface area (Å²) in [5.41, 5.74) is 0. The SMILES string of the molecule is CCOc1cc(NC(C)C(=O)N(C)C)nc(C)n1. The second-order valence-corrected chi connectivity index (χ2v) is 4.17. The van der Waals surface area contributed by atoms with Gasteiger partial charge < -0.3 is 15.0 Å². The first-order chi connectivity index (χ1) is 8.43. The summed E-state index contributed by atoms with van der Waals surface area (Å²) in [6, 6.07) is 1.35. The van der Waals surface area contributed by atoms with E-state index in [-0.39, 0.29) is 11.9 Å². The summed E-state index contributed by atoms with van der Waals surface area (Å²) in [5.74, 6) is 1.70. The summed E-state index contributed by atoms with van der Waals surface area (Å²) in [5, 5.41) is 3.04. The smallest absolute Gasteiger partial charge is 0.244 e. The van der Waals surface area contributed by atoms with Crippen LogP contribution in [0.4, 0.5) is 5.82 Å². The van der Waals surface area contributed by atoms with Crippen molar-refractivity contribution in [3.05, 3.63) is 11.9 Å². The molecule has 0 bridgehead atoms. The molecular weight excluding hydrogens is 232 g/mol. The highest BCUT2D eigenvalue weighted by Gasteiger charge is 2.15. The maximum atomic E-state index is 11.7. The Labute approximate surface area is 107 Å². The predicted molar refractivity (Wildman–Crippen MR) is 69.7 cm³/mol. The molecule has 0 aliphatic carbocycles. The topological polar surface area (TPSA) is 67.3 Å². The Morgan fingerprint density at radius 2 is 2.17 bits per heavy atom. The third kappa shape index (κ3) is 3.87. The molecule has 1 aromatic rings. The van der Waals surface area contributed by atoms with Crippen LogP contribution in [0.2, 0.25) is 0 Å². The van der Waals surface area contributed by atoms with Crippen LogP contribution in [0.25, 0.3) is 0 Å². The van der Waals surface area contributed by atoms with Crippen molar-refractivity contribution in [3.63, 3.8) is 0 Å². The highest BCUT2D eigenvalue weighted by atomic mass is 16.5. The lowest BCUT2D eigenvalue weighted by Gasteiger charge is -2.18. The van der Waals surface area contributed by atoms with E-state index in [9.17, 15) is 4.79 Å². The summed E-state index contributed by atoms with van der Waals surface area (Å²) in [4.78, 5) is 21.6. The standard InChI is InChI=1S/C12H20N4O2/c1-6-18-11-7-10(14-9(3)15-11)13-8(2)12(17)16(4)5/h7-8H,6H2,1-5H3,(H,13,14,15). The molecular formula is C12H20N4O2. The first-order valence-electron chi connectivity index (χ1n) is 5.90. The van der Waals surface area contributed by atoms with Gasteiger partial charge in [-0.1, -0.05) is 0 Å². The number of carbonyl (C=O) groups is 1. The fourth-order valence-corrected chi connectivity index (χ4v) is 1.51. The molecule has 1 rings (SSSR count). The van der Waals surface area contributed by atoms with Gasteiger partial charge in [0.25, 0.3) is 0 Å². The molecule has 1 amide bonds. The number of hydrogen-bond acceptors (Lipinski definition) is 5. The molecule has 18 heavy (non-hydrogen) atoms. The minimum atomic E-state index is -0.344. The largest absolute Gasteiger partial charge is 0.478 e. The van der Waals surface area contributed by atoms with E-state index in [1.807, 2.05) is 6.92 Å². The minimum absolute atomic E-state index is 0.00998. The fraction of sp³-hybridized carbons (Fsp3) is 0.583. The molecule has 0 fully saturated rings. The summed E-state index contributed by atoms with van der Waals surface area (Å²) in [7, 11) is 3.44. The molecule has 1 heterocycles. The number of aromatic nitrogens is 2. The summed E-state index contributed by atoms with van der Waals surface area (Å²) in [6.45, 7) is 6.01. The highest BCUT2D eigenvalue weighted by Crippen LogP contribution is 2.14. The first kappa shape index (κ1) is 14.2. The van der Waals surface area contributed by atoms with Gasteiger partial charge in [0.15, 0.2) is 0 Å². The van der Waals surface area contributed by atoms with Crippen LogP contribution >= 0.6 is 0 Å². The van der Waals surface area contributed by atoms with Gasteiger partial charge in [0.05, 0.1) is 6.61 Å². The number of rotatable bonds is 5. The Bertz CT molecular complexity index is 421. The fourth-order valence-electron chi connectivity index (χ4n) is 1.51. The van der Waals surface area contributed by atoms with Crippen molar-refractivity contribution in [1.82, 2.24) is 14.9 Å². The highest BCUT2D eigenvalue weighted by molar-refractivity contribution is 5.83. The van der Waals surface area contributed by atoms with E-state index in [2.05, 4.69) is 15.3 Å². The molecule has 0 spiro atoms. The van der Waals surface area contributed by atoms with Crippen molar-refractivity contribution in [2.75, 3.05) is 26.0 Å². The molecule has 6 heteroatoms. The molecule has 1 aromatic heterocycles. The number of anilines is 1. The van der Waals surface area contributed by atoms with E-state index in [1.165, 1.54) is 4.90 Å². The number of hydrogen-bond donors (Lipinski definition) is 1. The van der Waals surface area contributed by atoms with Gasteiger partial charge in [-0.2, -0.15) is 4.98 Å². The van der Waals surface area contributed by atoms with E-state index < -0.39 is 0 Å². The van der Waals surface area contributed by atoms with Gasteiger partial charge in [-0.15, -0.1) is 0 Å². The minimum Gasteiger partial charge on any atom is -0.478 e. The lowest BCUT2D eigenvalue weighted by Crippen LogP contribution is -2.36. The van der Waals surface area contributed by atoms with Gasteiger partial charge >= 0.3 is 0 Å². The van der Waals surface area contributed by atoms with Crippen molar-refractivity contribution in [3.8, 4) is 5.88 Å². The first-order valence-corrected chi connectivity index (χ1v) is 5.90. The third-order valence-electron chi connectivity index (χ3n) is 2.28. The lowest BCUT2D eigenvalue weighted by atomic mass is 10.3. The number of ether oxygens (including phenoxy) is 1. The van der Waals surface area contributed by atoms with Crippen LogP contribution in [0.15, 0.2) is 6.07 Å². The van der Waals surface area contributed by atoms with Crippen LogP contribution in [0.1, 0.15) is 19.7 Å². The van der Waals surface area contributed by atoms with Crippen LogP contribution < -0.4 is 10.1 Å². The van der Waals surface area contributed by atoms with E-state index in [1.54, 1.807) is 34.0 Å². The zero-order valence-corrected chi connectivity index (χ0v) is 11.5. The van der Waals surface area contributed by atoms with Gasteiger partial charge in [0.2, 0.25) is 11.8 Å². The average Bonchev–Trinajstić information content (AvgIpc) is 2.27. The Hall–Kier alpha value is -1.85. The molecule has 6 nitrogen and oxygen atoms in total. The quantitative estimate of drug-likeness (QED) is 0.849. The van der Waals surface area contributed by atoms with Crippen molar-refractivity contribution in [2.24, 2.45) is 0 Å². The Morgan fingerprint density at radius 3 is 2.72 bits per heavy atom. The van der Waals surface area contributed by atoms with Crippen LogP contribution in [0, 0.1) is 6.92 Å². The van der Waals surface area contributed by atoms with Gasteiger partial charge in [-0.25, -0.2) is 4.98 Å². The van der Waals surface area contributed by atoms with Gasteiger partial charge in [0.1, 0.15) is 17.7 Å². The van der Waals surface area contributed by atoms with Crippen molar-refractivity contribution >= 4 is 11.7 Å². The maximum Gasteiger partial charge on any atom is 0.244 e. The van der Waals surface area contributed by atoms with Gasteiger partial charge in [0, 0.05) is 20.2 Å². The molecule has 1 N–H and O–H groups in total. The van der Waals surface area contributed by atoms with Gasteiger partial charge in [-0.3, -0.25) is 4.79 Å². The van der Waals surface area contributed by atoms with Crippen molar-refractivity contribution < 1.29 is 9.53 Å². The van der Waals surface area contributed by atoms with E-state index in [4.69, 9.17) is 4.74 Å². The average molecular weight is 252 g/mol. The third-order valence-corrected chi connectivity index (χ3v) is 2.28. The summed E-state index contributed by atoms with van der Waals surface area (Å²) < 4.78 is 5.33. The van der Waals surface area contributed by atoms with Crippen LogP contribution in [-0.2, 0) is 4.79 Å². The van der Waals surface area contributed by atoms with Crippen LogP contribution in [0.3, 0.4) is 0 Å². The number of nitrogens with one attached hydrogen (secondary N) is 1. The van der Waals surface area contributed by atoms with E-state index in [0.29, 0.717) is 24.1 Å². The van der Waals surface area contributed by atoms with E-state index >= 15 is 0 Å². The summed E-state index contributed by atoms with van der Waals surface area (Å²) in [6.07, 6.45) is 0. The molecule has 0 radical (unpaired) electrons. The summed E-state index contributed by atoms with van der Waals surface area (Å²) >= 11 is 0. The Morgan fingerprint density at radius 1 is 1.50 bits per heavy atom. The van der Waals surface area contributed by atoms with Crippen molar-refractivity contribution in [1.29, 1.82) is 0 Å². The molecule has 1 atom stereocenters. The second-order valence-electron chi connectivity index (χ2n) is 4.17. The zero-order chi connectivity index (χ0) is 13.7. The molecule has 0 saturated carbocycles. The number of carbonyl (C=O) groups excluding carboxylic acids is 1. The number of aryl methyl sites for hydroxylation is 1. The molecule has 0 saturated heterocycles. The normalized spacial score (nSPS) is 11.8. The number of nitrogens with zero attached hydrogens (tertiary/aromatic N) is 3. The molecule has 1 unspecified atom stereocenters. The van der Waals surface area contributed by atoms with Crippen LogP contribution in [0.5, 0.6) is 5.88 Å². The Kier molecular flexibility index (Phi) is 4.88. The van der Waals surface area contributed by atoms with E-state index in [0.717, 1.165) is 0 Å². The number of likely N-dealkylation sites (N-methyl/N-ethyl adjacent to an activating group) is 1. The zero-order valence-electron chi connectivity index (χ0n) is 11.5. The molecule has 100 valence electrons. The second kappa shape index (κ2) is 6.18. The van der Waals surface area contributed by atoms with Gasteiger partial charge in [-0.05, 0) is 20.8 Å². The monoisotopic (exact) mass is 252 g/mol. The molecule has 0 aliphatic heterocycles. The lowest BCUT2D eigenvalue weighted by molar-refractivity contribution is -0.129. The predicted octanol–water partition coefficient (Wildman–Crippen LogP) is 1.07. The molecule has 0 aromatic carbocycles. The van der Waals surface area contributed by atoms with Crippen molar-refractivity contribution in [2.45, 2.75) is 26.8 Å². The Balaban J connectivity index is 2.80.